The van der Waals surface area contributed by atoms with Crippen molar-refractivity contribution >= 4 is 11.8 Å². The fraction of sp³-hybridized carbons (Fsp3) is 0.750. The molecule has 358 valence electrons. The van der Waals surface area contributed by atoms with Gasteiger partial charge in [-0.15, -0.1) is 5.10 Å². The SMILES string of the molecule is CCCCCCCCCCCCCCCCCCOc1ccc(Cn2cc(COCCOCCOCCOCCOCCOCCOCCOCCN3C(=O)C=CC3=O)nn2)cc1. The summed E-state index contributed by atoms with van der Waals surface area (Å²) < 4.78 is 52.0. The summed E-state index contributed by atoms with van der Waals surface area (Å²) in [6, 6.07) is 8.25. The van der Waals surface area contributed by atoms with Crippen molar-refractivity contribution < 1.29 is 52.2 Å². The molecule has 1 aliphatic rings. The van der Waals surface area contributed by atoms with Gasteiger partial charge in [0.1, 0.15) is 11.4 Å². The molecule has 2 heterocycles. The highest BCUT2D eigenvalue weighted by Gasteiger charge is 2.22. The lowest BCUT2D eigenvalue weighted by atomic mass is 10.0. The number of nitrogens with zero attached hydrogens (tertiary/aromatic N) is 4. The molecule has 0 aliphatic carbocycles. The Balaban J connectivity index is 0.990. The van der Waals surface area contributed by atoms with Crippen LogP contribution in [0.3, 0.4) is 0 Å². The van der Waals surface area contributed by atoms with Gasteiger partial charge >= 0.3 is 0 Å². The summed E-state index contributed by atoms with van der Waals surface area (Å²) in [6.45, 7) is 11.0. The van der Waals surface area contributed by atoms with E-state index in [9.17, 15) is 9.59 Å². The second-order valence-electron chi connectivity index (χ2n) is 15.7. The number of unbranched alkanes of at least 4 members (excludes halogenated alkanes) is 15. The molecular formula is C48H80N4O11. The van der Waals surface area contributed by atoms with E-state index in [2.05, 4.69) is 29.4 Å². The standard InChI is InChI=1S/C48H80N4O11/c1-2-3-4-5-6-7-8-9-10-11-12-13-14-15-16-17-25-63-46-20-18-44(19-21-46)41-51-42-45(49-50-51)43-62-40-39-61-38-37-60-36-35-59-34-33-58-32-31-57-30-29-56-28-27-55-26-24-52-47(53)22-23-48(52)54/h18-23,42H,2-17,24-41,43H2,1H3. The average molecular weight is 889 g/mol. The summed E-state index contributed by atoms with van der Waals surface area (Å²) in [5.41, 5.74) is 1.92. The molecule has 1 aromatic heterocycles. The maximum atomic E-state index is 11.4. The van der Waals surface area contributed by atoms with Crippen LogP contribution in [0.4, 0.5) is 0 Å². The summed E-state index contributed by atoms with van der Waals surface area (Å²) in [7, 11) is 0. The molecule has 3 rings (SSSR count). The lowest BCUT2D eigenvalue weighted by Gasteiger charge is -2.13. The van der Waals surface area contributed by atoms with Gasteiger partial charge in [0.25, 0.3) is 11.8 Å². The van der Waals surface area contributed by atoms with E-state index >= 15 is 0 Å². The summed E-state index contributed by atoms with van der Waals surface area (Å²) in [5, 5.41) is 8.48. The van der Waals surface area contributed by atoms with E-state index < -0.39 is 0 Å². The molecule has 2 aromatic rings. The zero-order valence-corrected chi connectivity index (χ0v) is 38.6. The number of aromatic nitrogens is 3. The molecule has 0 unspecified atom stereocenters. The van der Waals surface area contributed by atoms with Gasteiger partial charge in [-0.1, -0.05) is 121 Å². The van der Waals surface area contributed by atoms with Crippen LogP contribution in [0.5, 0.6) is 5.75 Å². The van der Waals surface area contributed by atoms with Gasteiger partial charge in [-0.25, -0.2) is 4.68 Å². The van der Waals surface area contributed by atoms with Crippen LogP contribution in [0.25, 0.3) is 0 Å². The van der Waals surface area contributed by atoms with Gasteiger partial charge in [0.2, 0.25) is 0 Å². The number of rotatable bonds is 46. The fourth-order valence-corrected chi connectivity index (χ4v) is 6.72. The second kappa shape index (κ2) is 39.1. The quantitative estimate of drug-likeness (QED) is 0.0477. The van der Waals surface area contributed by atoms with E-state index in [4.69, 9.17) is 42.6 Å². The first-order valence-electron chi connectivity index (χ1n) is 23.9. The van der Waals surface area contributed by atoms with Crippen molar-refractivity contribution in [1.82, 2.24) is 19.9 Å². The third-order valence-corrected chi connectivity index (χ3v) is 10.3. The molecule has 0 atom stereocenters. The second-order valence-corrected chi connectivity index (χ2v) is 15.7. The minimum Gasteiger partial charge on any atom is -0.494 e. The van der Waals surface area contributed by atoms with Crippen LogP contribution in [0, 0.1) is 0 Å². The van der Waals surface area contributed by atoms with Gasteiger partial charge in [-0.3, -0.25) is 14.5 Å². The van der Waals surface area contributed by atoms with Crippen molar-refractivity contribution in [3.63, 3.8) is 0 Å². The molecule has 0 radical (unpaired) electrons. The lowest BCUT2D eigenvalue weighted by molar-refractivity contribution is -0.137. The maximum Gasteiger partial charge on any atom is 0.253 e. The van der Waals surface area contributed by atoms with E-state index in [1.807, 2.05) is 23.0 Å². The monoisotopic (exact) mass is 889 g/mol. The highest BCUT2D eigenvalue weighted by molar-refractivity contribution is 6.12. The van der Waals surface area contributed by atoms with Crippen LogP contribution in [-0.2, 0) is 60.6 Å². The molecule has 15 nitrogen and oxygen atoms in total. The number of amides is 2. The fourth-order valence-electron chi connectivity index (χ4n) is 6.72. The third kappa shape index (κ3) is 29.7. The highest BCUT2D eigenvalue weighted by Crippen LogP contribution is 2.16. The number of imide groups is 1. The first kappa shape index (κ1) is 54.1. The molecule has 0 fully saturated rings. The largest absolute Gasteiger partial charge is 0.494 e. The van der Waals surface area contributed by atoms with Crippen molar-refractivity contribution in [3.05, 3.63) is 53.9 Å². The van der Waals surface area contributed by atoms with Gasteiger partial charge in [-0.05, 0) is 24.1 Å². The topological polar surface area (TPSA) is 151 Å². The number of carbonyl (C=O) groups is 2. The predicted molar refractivity (Wildman–Crippen MR) is 242 cm³/mol. The van der Waals surface area contributed by atoms with Crippen LogP contribution in [0.15, 0.2) is 42.6 Å². The van der Waals surface area contributed by atoms with Crippen molar-refractivity contribution in [1.29, 1.82) is 0 Å². The Morgan fingerprint density at radius 1 is 0.460 bits per heavy atom. The average Bonchev–Trinajstić information content (AvgIpc) is 3.88. The first-order chi connectivity index (χ1) is 31.2. The molecule has 63 heavy (non-hydrogen) atoms. The van der Waals surface area contributed by atoms with Crippen LogP contribution in [-0.4, -0.2) is 144 Å². The smallest absolute Gasteiger partial charge is 0.253 e. The Kier molecular flexibility index (Phi) is 33.6. The molecule has 15 heteroatoms. The molecule has 0 spiro atoms. The number of hydrogen-bond acceptors (Lipinski definition) is 13. The Bertz CT molecular complexity index is 1390. The molecular weight excluding hydrogens is 809 g/mol. The molecule has 0 saturated heterocycles. The number of carbonyl (C=O) groups excluding carboxylic acids is 2. The van der Waals surface area contributed by atoms with Crippen LogP contribution < -0.4 is 4.74 Å². The maximum absolute atomic E-state index is 11.4. The van der Waals surface area contributed by atoms with Crippen LogP contribution in [0.2, 0.25) is 0 Å². The Morgan fingerprint density at radius 2 is 0.857 bits per heavy atom. The van der Waals surface area contributed by atoms with Crippen molar-refractivity contribution in [3.8, 4) is 5.75 Å². The van der Waals surface area contributed by atoms with Gasteiger partial charge < -0.3 is 42.6 Å². The molecule has 2 amide bonds. The van der Waals surface area contributed by atoms with Crippen molar-refractivity contribution in [2.45, 2.75) is 123 Å². The zero-order valence-electron chi connectivity index (χ0n) is 38.6. The van der Waals surface area contributed by atoms with Crippen LogP contribution >= 0.6 is 0 Å². The number of ether oxygens (including phenoxy) is 9. The van der Waals surface area contributed by atoms with E-state index in [-0.39, 0.29) is 25.0 Å². The third-order valence-electron chi connectivity index (χ3n) is 10.3. The van der Waals surface area contributed by atoms with E-state index in [0.29, 0.717) is 106 Å². The van der Waals surface area contributed by atoms with Gasteiger partial charge in [0, 0.05) is 12.2 Å². The number of benzene rings is 1. The number of hydrogen-bond donors (Lipinski definition) is 0. The minimum absolute atomic E-state index is 0.239. The summed E-state index contributed by atoms with van der Waals surface area (Å²) in [6.07, 6.45) is 26.4. The van der Waals surface area contributed by atoms with Crippen molar-refractivity contribution in [2.24, 2.45) is 0 Å². The normalized spacial score (nSPS) is 12.7. The summed E-state index contributed by atoms with van der Waals surface area (Å²) >= 11 is 0. The van der Waals surface area contributed by atoms with E-state index in [1.54, 1.807) is 0 Å². The van der Waals surface area contributed by atoms with Gasteiger partial charge in [0.05, 0.1) is 132 Å². The zero-order chi connectivity index (χ0) is 44.5. The summed E-state index contributed by atoms with van der Waals surface area (Å²) in [5.74, 6) is 0.304. The lowest BCUT2D eigenvalue weighted by Crippen LogP contribution is -2.33. The molecule has 0 bridgehead atoms. The van der Waals surface area contributed by atoms with Crippen LogP contribution in [0.1, 0.15) is 121 Å². The summed E-state index contributed by atoms with van der Waals surface area (Å²) in [4.78, 5) is 24.0. The first-order valence-corrected chi connectivity index (χ1v) is 23.9. The predicted octanol–water partition coefficient (Wildman–Crippen LogP) is 7.52. The van der Waals surface area contributed by atoms with Crippen molar-refractivity contribution in [2.75, 3.05) is 112 Å². The van der Waals surface area contributed by atoms with E-state index in [1.165, 1.54) is 108 Å². The van der Waals surface area contributed by atoms with Gasteiger partial charge in [0.15, 0.2) is 0 Å². The molecule has 0 N–H and O–H groups in total. The molecule has 1 aromatic carbocycles. The Morgan fingerprint density at radius 3 is 1.30 bits per heavy atom. The Hall–Kier alpha value is -3.28. The highest BCUT2D eigenvalue weighted by atomic mass is 16.6. The van der Waals surface area contributed by atoms with Gasteiger partial charge in [-0.2, -0.15) is 0 Å². The molecule has 0 saturated carbocycles. The Labute approximate surface area is 377 Å². The molecule has 1 aliphatic heterocycles. The minimum atomic E-state index is -0.306. The van der Waals surface area contributed by atoms with E-state index in [0.717, 1.165) is 34.9 Å².